The SMILES string of the molecule is C[C@@H](O)c1ccccc1N(C)Cc1ccoc1. The third kappa shape index (κ3) is 2.68. The van der Waals surface area contributed by atoms with Crippen molar-refractivity contribution in [2.75, 3.05) is 11.9 Å². The smallest absolute Gasteiger partial charge is 0.0952 e. The highest BCUT2D eigenvalue weighted by Gasteiger charge is 2.11. The molecule has 0 spiro atoms. The molecule has 1 aromatic carbocycles. The summed E-state index contributed by atoms with van der Waals surface area (Å²) in [6.45, 7) is 2.55. The fraction of sp³-hybridized carbons (Fsp3) is 0.286. The Labute approximate surface area is 101 Å². The molecule has 0 unspecified atom stereocenters. The Morgan fingerprint density at radius 1 is 1.29 bits per heavy atom. The Hall–Kier alpha value is -1.74. The topological polar surface area (TPSA) is 36.6 Å². The molecule has 2 rings (SSSR count). The minimum Gasteiger partial charge on any atom is -0.472 e. The second-order valence-electron chi connectivity index (χ2n) is 4.22. The van der Waals surface area contributed by atoms with E-state index in [0.717, 1.165) is 23.4 Å². The molecule has 0 radical (unpaired) electrons. The van der Waals surface area contributed by atoms with E-state index in [9.17, 15) is 5.11 Å². The van der Waals surface area contributed by atoms with Gasteiger partial charge in [-0.15, -0.1) is 0 Å². The number of rotatable bonds is 4. The molecule has 1 heterocycles. The molecule has 90 valence electrons. The maximum Gasteiger partial charge on any atom is 0.0952 e. The van der Waals surface area contributed by atoms with Gasteiger partial charge < -0.3 is 14.4 Å². The zero-order valence-corrected chi connectivity index (χ0v) is 10.1. The first-order valence-electron chi connectivity index (χ1n) is 5.67. The highest BCUT2D eigenvalue weighted by molar-refractivity contribution is 5.54. The van der Waals surface area contributed by atoms with Gasteiger partial charge in [0.25, 0.3) is 0 Å². The molecule has 0 bridgehead atoms. The van der Waals surface area contributed by atoms with E-state index in [0.29, 0.717) is 0 Å². The van der Waals surface area contributed by atoms with Crippen LogP contribution in [-0.4, -0.2) is 12.2 Å². The van der Waals surface area contributed by atoms with E-state index in [1.807, 2.05) is 37.4 Å². The lowest BCUT2D eigenvalue weighted by Gasteiger charge is -2.23. The van der Waals surface area contributed by atoms with Crippen molar-refractivity contribution in [3.05, 3.63) is 54.0 Å². The van der Waals surface area contributed by atoms with Crippen molar-refractivity contribution in [2.24, 2.45) is 0 Å². The average Bonchev–Trinajstić information content (AvgIpc) is 2.81. The predicted molar refractivity (Wildman–Crippen MR) is 67.9 cm³/mol. The van der Waals surface area contributed by atoms with Gasteiger partial charge in [-0.3, -0.25) is 0 Å². The molecule has 3 nitrogen and oxygen atoms in total. The molecule has 0 aliphatic carbocycles. The summed E-state index contributed by atoms with van der Waals surface area (Å²) in [7, 11) is 2.01. The first kappa shape index (κ1) is 11.7. The van der Waals surface area contributed by atoms with Crippen LogP contribution in [0.5, 0.6) is 0 Å². The molecule has 1 aromatic heterocycles. The molecular formula is C14H17NO2. The summed E-state index contributed by atoms with van der Waals surface area (Å²) in [5.74, 6) is 0. The Morgan fingerprint density at radius 3 is 2.71 bits per heavy atom. The first-order valence-corrected chi connectivity index (χ1v) is 5.67. The minimum atomic E-state index is -0.460. The van der Waals surface area contributed by atoms with Crippen LogP contribution < -0.4 is 4.90 Å². The standard InChI is InChI=1S/C14H17NO2/c1-11(16)13-5-3-4-6-14(13)15(2)9-12-7-8-17-10-12/h3-8,10-11,16H,9H2,1-2H3/t11-/m1/s1. The summed E-state index contributed by atoms with van der Waals surface area (Å²) in [5, 5.41) is 9.73. The molecule has 1 atom stereocenters. The second kappa shape index (κ2) is 5.06. The van der Waals surface area contributed by atoms with Crippen molar-refractivity contribution < 1.29 is 9.52 Å². The molecule has 3 heteroatoms. The fourth-order valence-corrected chi connectivity index (χ4v) is 1.93. The van der Waals surface area contributed by atoms with Crippen molar-refractivity contribution in [1.29, 1.82) is 0 Å². The van der Waals surface area contributed by atoms with Crippen LogP contribution in [0.3, 0.4) is 0 Å². The van der Waals surface area contributed by atoms with Gasteiger partial charge in [-0.25, -0.2) is 0 Å². The molecule has 0 saturated heterocycles. The van der Waals surface area contributed by atoms with E-state index in [2.05, 4.69) is 4.90 Å². The monoisotopic (exact) mass is 231 g/mol. The zero-order chi connectivity index (χ0) is 12.3. The van der Waals surface area contributed by atoms with E-state index in [-0.39, 0.29) is 0 Å². The number of aliphatic hydroxyl groups is 1. The Bertz CT molecular complexity index is 463. The van der Waals surface area contributed by atoms with Crippen molar-refractivity contribution in [3.63, 3.8) is 0 Å². The van der Waals surface area contributed by atoms with Crippen molar-refractivity contribution in [1.82, 2.24) is 0 Å². The van der Waals surface area contributed by atoms with Gasteiger partial charge in [-0.2, -0.15) is 0 Å². The van der Waals surface area contributed by atoms with Gasteiger partial charge in [-0.05, 0) is 19.1 Å². The fourth-order valence-electron chi connectivity index (χ4n) is 1.93. The van der Waals surface area contributed by atoms with Gasteiger partial charge in [0.1, 0.15) is 0 Å². The summed E-state index contributed by atoms with van der Waals surface area (Å²) in [5.41, 5.74) is 3.11. The Morgan fingerprint density at radius 2 is 2.06 bits per heavy atom. The highest BCUT2D eigenvalue weighted by atomic mass is 16.3. The van der Waals surface area contributed by atoms with Crippen molar-refractivity contribution >= 4 is 5.69 Å². The molecule has 0 amide bonds. The third-order valence-electron chi connectivity index (χ3n) is 2.80. The normalized spacial score (nSPS) is 12.4. The van der Waals surface area contributed by atoms with E-state index in [1.54, 1.807) is 19.5 Å². The Kier molecular flexibility index (Phi) is 3.49. The van der Waals surface area contributed by atoms with E-state index in [4.69, 9.17) is 4.42 Å². The van der Waals surface area contributed by atoms with Gasteiger partial charge in [0.05, 0.1) is 18.6 Å². The lowest BCUT2D eigenvalue weighted by atomic mass is 10.1. The maximum absolute atomic E-state index is 9.73. The number of aliphatic hydroxyl groups excluding tert-OH is 1. The van der Waals surface area contributed by atoms with Crippen LogP contribution in [0.4, 0.5) is 5.69 Å². The number of nitrogens with zero attached hydrogens (tertiary/aromatic N) is 1. The van der Waals surface area contributed by atoms with E-state index in [1.165, 1.54) is 0 Å². The van der Waals surface area contributed by atoms with Crippen LogP contribution in [0.1, 0.15) is 24.2 Å². The Balaban J connectivity index is 2.21. The summed E-state index contributed by atoms with van der Waals surface area (Å²) in [4.78, 5) is 2.10. The van der Waals surface area contributed by atoms with Crippen LogP contribution in [0.2, 0.25) is 0 Å². The molecule has 0 aliphatic rings. The average molecular weight is 231 g/mol. The number of hydrogen-bond donors (Lipinski definition) is 1. The zero-order valence-electron chi connectivity index (χ0n) is 10.1. The highest BCUT2D eigenvalue weighted by Crippen LogP contribution is 2.26. The van der Waals surface area contributed by atoms with Crippen LogP contribution in [-0.2, 0) is 6.54 Å². The maximum atomic E-state index is 9.73. The largest absolute Gasteiger partial charge is 0.472 e. The van der Waals surface area contributed by atoms with Crippen LogP contribution in [0.15, 0.2) is 47.3 Å². The van der Waals surface area contributed by atoms with E-state index < -0.39 is 6.10 Å². The summed E-state index contributed by atoms with van der Waals surface area (Å²) in [6.07, 6.45) is 2.95. The first-order chi connectivity index (χ1) is 8.18. The van der Waals surface area contributed by atoms with Crippen LogP contribution >= 0.6 is 0 Å². The molecule has 17 heavy (non-hydrogen) atoms. The number of hydrogen-bond acceptors (Lipinski definition) is 3. The molecule has 0 fully saturated rings. The van der Waals surface area contributed by atoms with E-state index >= 15 is 0 Å². The van der Waals surface area contributed by atoms with Gasteiger partial charge in [0.2, 0.25) is 0 Å². The lowest BCUT2D eigenvalue weighted by molar-refractivity contribution is 0.199. The molecule has 2 aromatic rings. The quantitative estimate of drug-likeness (QED) is 0.878. The molecule has 0 saturated carbocycles. The number of benzene rings is 1. The molecular weight excluding hydrogens is 214 g/mol. The predicted octanol–water partition coefficient (Wildman–Crippen LogP) is 2.97. The van der Waals surface area contributed by atoms with Crippen LogP contribution in [0, 0.1) is 0 Å². The summed E-state index contributed by atoms with van der Waals surface area (Å²) >= 11 is 0. The molecule has 1 N–H and O–H groups in total. The number of para-hydroxylation sites is 1. The van der Waals surface area contributed by atoms with Gasteiger partial charge in [0, 0.05) is 30.4 Å². The number of furan rings is 1. The lowest BCUT2D eigenvalue weighted by Crippen LogP contribution is -2.18. The minimum absolute atomic E-state index is 0.460. The second-order valence-corrected chi connectivity index (χ2v) is 4.22. The van der Waals surface area contributed by atoms with Crippen molar-refractivity contribution in [3.8, 4) is 0 Å². The summed E-state index contributed by atoms with van der Waals surface area (Å²) in [6, 6.07) is 9.83. The van der Waals surface area contributed by atoms with Crippen LogP contribution in [0.25, 0.3) is 0 Å². The van der Waals surface area contributed by atoms with Gasteiger partial charge >= 0.3 is 0 Å². The summed E-state index contributed by atoms with van der Waals surface area (Å²) < 4.78 is 5.05. The van der Waals surface area contributed by atoms with Gasteiger partial charge in [0.15, 0.2) is 0 Å². The van der Waals surface area contributed by atoms with Gasteiger partial charge in [-0.1, -0.05) is 18.2 Å². The molecule has 0 aliphatic heterocycles. The van der Waals surface area contributed by atoms with Crippen molar-refractivity contribution in [2.45, 2.75) is 19.6 Å². The third-order valence-corrected chi connectivity index (χ3v) is 2.80. The number of anilines is 1.